The molecule has 4 N–H and O–H groups in total. The fraction of sp³-hybridized carbons (Fsp3) is 0.727. The molecule has 0 bridgehead atoms. The van der Waals surface area contributed by atoms with E-state index in [1.54, 1.807) is 0 Å². The molecule has 0 aromatic carbocycles. The summed E-state index contributed by atoms with van der Waals surface area (Å²) in [7, 11) is -3.15. The first kappa shape index (κ1) is 17.2. The summed E-state index contributed by atoms with van der Waals surface area (Å²) >= 11 is 0. The third kappa shape index (κ3) is 5.98. The van der Waals surface area contributed by atoms with E-state index in [1.807, 2.05) is 0 Å². The Balaban J connectivity index is 2.60. The van der Waals surface area contributed by atoms with Crippen molar-refractivity contribution in [2.75, 3.05) is 24.6 Å². The quantitative estimate of drug-likeness (QED) is 0.563. The lowest BCUT2D eigenvalue weighted by atomic mass is 10.1. The van der Waals surface area contributed by atoms with Gasteiger partial charge in [-0.3, -0.25) is 4.79 Å². The average Bonchev–Trinajstić information content (AvgIpc) is 2.54. The van der Waals surface area contributed by atoms with Gasteiger partial charge < -0.3 is 21.1 Å². The number of nitrogens with two attached hydrogens (primary N) is 1. The van der Waals surface area contributed by atoms with Crippen molar-refractivity contribution in [3.05, 3.63) is 0 Å². The van der Waals surface area contributed by atoms with Crippen molar-refractivity contribution in [1.82, 2.24) is 10.2 Å². The second kappa shape index (κ2) is 7.25. The van der Waals surface area contributed by atoms with Crippen LogP contribution in [0.1, 0.15) is 19.3 Å². The molecular formula is C11H19N3O6S. The maximum Gasteiger partial charge on any atom is 0.326 e. The SMILES string of the molecule is NC(=O)CCC(NC(=O)N1CCCS(=O)(=O)CC1)C(=O)O. The number of nitrogens with zero attached hydrogens (tertiary/aromatic N) is 1. The lowest BCUT2D eigenvalue weighted by Crippen LogP contribution is -2.49. The third-order valence-corrected chi connectivity index (χ3v) is 4.83. The second-order valence-electron chi connectivity index (χ2n) is 4.84. The molecule has 120 valence electrons. The number of carboxylic acid groups (broad SMARTS) is 1. The number of primary amides is 1. The molecule has 1 heterocycles. The van der Waals surface area contributed by atoms with Crippen molar-refractivity contribution in [3.8, 4) is 0 Å². The molecule has 0 aliphatic carbocycles. The van der Waals surface area contributed by atoms with Gasteiger partial charge in [0.05, 0.1) is 11.5 Å². The molecule has 1 aliphatic rings. The van der Waals surface area contributed by atoms with Gasteiger partial charge in [-0.05, 0) is 12.8 Å². The highest BCUT2D eigenvalue weighted by molar-refractivity contribution is 7.91. The van der Waals surface area contributed by atoms with Crippen LogP contribution in [-0.4, -0.2) is 67.0 Å². The molecule has 0 radical (unpaired) electrons. The maximum atomic E-state index is 12.0. The Labute approximate surface area is 122 Å². The zero-order chi connectivity index (χ0) is 16.0. The van der Waals surface area contributed by atoms with Gasteiger partial charge >= 0.3 is 12.0 Å². The minimum absolute atomic E-state index is 0.0147. The summed E-state index contributed by atoms with van der Waals surface area (Å²) in [5, 5.41) is 11.3. The van der Waals surface area contributed by atoms with Crippen LogP contribution in [0.5, 0.6) is 0 Å². The number of nitrogens with one attached hydrogen (secondary N) is 1. The predicted molar refractivity (Wildman–Crippen MR) is 73.2 cm³/mol. The van der Waals surface area contributed by atoms with Gasteiger partial charge in [0.25, 0.3) is 0 Å². The van der Waals surface area contributed by atoms with Crippen LogP contribution in [0.15, 0.2) is 0 Å². The highest BCUT2D eigenvalue weighted by atomic mass is 32.2. The molecule has 21 heavy (non-hydrogen) atoms. The summed E-state index contributed by atoms with van der Waals surface area (Å²) in [6.07, 6.45) is 0.0446. The minimum Gasteiger partial charge on any atom is -0.480 e. The van der Waals surface area contributed by atoms with E-state index in [1.165, 1.54) is 4.90 Å². The second-order valence-corrected chi connectivity index (χ2v) is 7.14. The number of carbonyl (C=O) groups excluding carboxylic acids is 2. The maximum absolute atomic E-state index is 12.0. The van der Waals surface area contributed by atoms with E-state index < -0.39 is 33.8 Å². The van der Waals surface area contributed by atoms with Crippen LogP contribution in [0.3, 0.4) is 0 Å². The van der Waals surface area contributed by atoms with Gasteiger partial charge in [-0.2, -0.15) is 0 Å². The zero-order valence-electron chi connectivity index (χ0n) is 11.4. The Hall–Kier alpha value is -1.84. The molecule has 10 heteroatoms. The number of carboxylic acids is 1. The summed E-state index contributed by atoms with van der Waals surface area (Å²) in [6, 6.07) is -1.88. The van der Waals surface area contributed by atoms with Gasteiger partial charge in [0.15, 0.2) is 9.84 Å². The fourth-order valence-corrected chi connectivity index (χ4v) is 3.20. The first-order valence-electron chi connectivity index (χ1n) is 6.48. The summed E-state index contributed by atoms with van der Waals surface area (Å²) in [6.45, 7) is 0.267. The monoisotopic (exact) mass is 321 g/mol. The highest BCUT2D eigenvalue weighted by Crippen LogP contribution is 2.06. The van der Waals surface area contributed by atoms with Gasteiger partial charge in [0.2, 0.25) is 5.91 Å². The van der Waals surface area contributed by atoms with Crippen LogP contribution in [0.2, 0.25) is 0 Å². The van der Waals surface area contributed by atoms with Crippen molar-refractivity contribution in [1.29, 1.82) is 0 Å². The van der Waals surface area contributed by atoms with Crippen LogP contribution < -0.4 is 11.1 Å². The summed E-state index contributed by atoms with van der Waals surface area (Å²) in [5.74, 6) is -2.05. The molecule has 1 unspecified atom stereocenters. The van der Waals surface area contributed by atoms with Gasteiger partial charge in [-0.1, -0.05) is 0 Å². The summed E-state index contributed by atoms with van der Waals surface area (Å²) in [5.41, 5.74) is 4.94. The van der Waals surface area contributed by atoms with Crippen molar-refractivity contribution in [3.63, 3.8) is 0 Å². The Morgan fingerprint density at radius 3 is 2.48 bits per heavy atom. The number of hydrogen-bond donors (Lipinski definition) is 3. The molecule has 1 saturated heterocycles. The van der Waals surface area contributed by atoms with E-state index in [9.17, 15) is 22.8 Å². The van der Waals surface area contributed by atoms with Crippen LogP contribution in [0.25, 0.3) is 0 Å². The van der Waals surface area contributed by atoms with Crippen LogP contribution >= 0.6 is 0 Å². The first-order valence-corrected chi connectivity index (χ1v) is 8.30. The van der Waals surface area contributed by atoms with Crippen molar-refractivity contribution in [2.24, 2.45) is 5.73 Å². The van der Waals surface area contributed by atoms with Crippen LogP contribution in [0, 0.1) is 0 Å². The molecule has 0 saturated carbocycles. The first-order chi connectivity index (χ1) is 9.71. The molecular weight excluding hydrogens is 302 g/mol. The molecule has 0 aromatic heterocycles. The average molecular weight is 321 g/mol. The van der Waals surface area contributed by atoms with E-state index in [0.717, 1.165) is 0 Å². The van der Waals surface area contributed by atoms with E-state index in [-0.39, 0.29) is 37.4 Å². The Morgan fingerprint density at radius 2 is 1.90 bits per heavy atom. The number of aliphatic carboxylic acids is 1. The highest BCUT2D eigenvalue weighted by Gasteiger charge is 2.26. The molecule has 1 atom stereocenters. The topological polar surface area (TPSA) is 147 Å². The standard InChI is InChI=1S/C11H19N3O6S/c12-9(15)3-2-8(10(16)17)13-11(18)14-4-1-6-21(19,20)7-5-14/h8H,1-7H2,(H2,12,15)(H,13,18)(H,16,17). The van der Waals surface area contributed by atoms with Crippen LogP contribution in [0.4, 0.5) is 4.79 Å². The molecule has 0 spiro atoms. The number of urea groups is 1. The largest absolute Gasteiger partial charge is 0.480 e. The summed E-state index contributed by atoms with van der Waals surface area (Å²) in [4.78, 5) is 34.9. The fourth-order valence-electron chi connectivity index (χ4n) is 1.93. The minimum atomic E-state index is -3.15. The van der Waals surface area contributed by atoms with Crippen molar-refractivity contribution in [2.45, 2.75) is 25.3 Å². The smallest absolute Gasteiger partial charge is 0.326 e. The molecule has 9 nitrogen and oxygen atoms in total. The number of sulfone groups is 1. The van der Waals surface area contributed by atoms with Crippen molar-refractivity contribution < 1.29 is 27.9 Å². The van der Waals surface area contributed by atoms with Gasteiger partial charge in [-0.25, -0.2) is 18.0 Å². The predicted octanol–water partition coefficient (Wildman–Crippen LogP) is -1.46. The van der Waals surface area contributed by atoms with Gasteiger partial charge in [-0.15, -0.1) is 0 Å². The Kier molecular flexibility index (Phi) is 5.94. The van der Waals surface area contributed by atoms with Gasteiger partial charge in [0.1, 0.15) is 6.04 Å². The number of hydrogen-bond acceptors (Lipinski definition) is 5. The number of rotatable bonds is 5. The van der Waals surface area contributed by atoms with E-state index in [0.29, 0.717) is 6.42 Å². The molecule has 3 amide bonds. The lowest BCUT2D eigenvalue weighted by molar-refractivity contribution is -0.139. The molecule has 1 fully saturated rings. The lowest BCUT2D eigenvalue weighted by Gasteiger charge is -2.23. The zero-order valence-corrected chi connectivity index (χ0v) is 12.3. The molecule has 1 rings (SSSR count). The number of amides is 3. The summed E-state index contributed by atoms with van der Waals surface area (Å²) < 4.78 is 22.9. The van der Waals surface area contributed by atoms with E-state index >= 15 is 0 Å². The Morgan fingerprint density at radius 1 is 1.24 bits per heavy atom. The molecule has 1 aliphatic heterocycles. The third-order valence-electron chi connectivity index (χ3n) is 3.12. The molecule has 0 aromatic rings. The van der Waals surface area contributed by atoms with E-state index in [4.69, 9.17) is 10.8 Å². The normalized spacial score (nSPS) is 19.3. The van der Waals surface area contributed by atoms with Gasteiger partial charge in [0, 0.05) is 19.5 Å². The number of carbonyl (C=O) groups is 3. The van der Waals surface area contributed by atoms with Crippen LogP contribution in [-0.2, 0) is 19.4 Å². The van der Waals surface area contributed by atoms with Crippen molar-refractivity contribution >= 4 is 27.7 Å². The van der Waals surface area contributed by atoms with E-state index in [2.05, 4.69) is 5.32 Å². The Bertz CT molecular complexity index is 518.